The van der Waals surface area contributed by atoms with Crippen LogP contribution in [0.1, 0.15) is 25.8 Å². The Bertz CT molecular complexity index is 276. The molecule has 0 saturated carbocycles. The van der Waals surface area contributed by atoms with Gasteiger partial charge in [0.15, 0.2) is 0 Å². The monoisotopic (exact) mass is 199 g/mol. The predicted octanol–water partition coefficient (Wildman–Crippen LogP) is 3.09. The van der Waals surface area contributed by atoms with E-state index in [0.29, 0.717) is 5.15 Å². The molecule has 0 unspecified atom stereocenters. The second-order valence-corrected chi connectivity index (χ2v) is 3.14. The van der Waals surface area contributed by atoms with Gasteiger partial charge in [0.1, 0.15) is 10.9 Å². The number of pyridine rings is 1. The Labute approximate surface area is 83.9 Å². The maximum absolute atomic E-state index is 5.92. The maximum Gasteiger partial charge on any atom is 0.135 e. The first kappa shape index (κ1) is 10.3. The number of halogens is 1. The first-order chi connectivity index (χ1) is 6.29. The van der Waals surface area contributed by atoms with E-state index in [1.54, 1.807) is 6.20 Å². The molecule has 0 atom stereocenters. The molecule has 3 heteroatoms. The first-order valence-corrected chi connectivity index (χ1v) is 4.93. The van der Waals surface area contributed by atoms with Crippen molar-refractivity contribution in [1.82, 2.24) is 4.98 Å². The third kappa shape index (κ3) is 2.59. The molecular weight excluding hydrogens is 186 g/mol. The average Bonchev–Trinajstić information content (AvgIpc) is 2.15. The zero-order valence-electron chi connectivity index (χ0n) is 8.01. The third-order valence-corrected chi connectivity index (χ3v) is 2.10. The van der Waals surface area contributed by atoms with Crippen molar-refractivity contribution in [3.05, 3.63) is 23.0 Å². The van der Waals surface area contributed by atoms with Gasteiger partial charge in [0, 0.05) is 11.8 Å². The van der Waals surface area contributed by atoms with Gasteiger partial charge in [-0.3, -0.25) is 0 Å². The van der Waals surface area contributed by atoms with E-state index in [-0.39, 0.29) is 0 Å². The number of aromatic nitrogens is 1. The minimum absolute atomic E-state index is 0.552. The van der Waals surface area contributed by atoms with Crippen LogP contribution in [-0.4, -0.2) is 11.6 Å². The topological polar surface area (TPSA) is 22.1 Å². The van der Waals surface area contributed by atoms with Crippen LogP contribution in [0, 0.1) is 0 Å². The van der Waals surface area contributed by atoms with Gasteiger partial charge in [-0.2, -0.15) is 0 Å². The summed E-state index contributed by atoms with van der Waals surface area (Å²) in [4.78, 5) is 4.00. The van der Waals surface area contributed by atoms with Crippen molar-refractivity contribution in [2.24, 2.45) is 0 Å². The molecule has 1 aromatic rings. The van der Waals surface area contributed by atoms with Crippen molar-refractivity contribution in [1.29, 1.82) is 0 Å². The SMILES string of the molecule is CCCOc1ccnc(Cl)c1CC. The minimum Gasteiger partial charge on any atom is -0.493 e. The van der Waals surface area contributed by atoms with Crippen LogP contribution < -0.4 is 4.74 Å². The van der Waals surface area contributed by atoms with Gasteiger partial charge in [0.2, 0.25) is 0 Å². The zero-order chi connectivity index (χ0) is 9.68. The van der Waals surface area contributed by atoms with E-state index in [0.717, 1.165) is 30.8 Å². The standard InChI is InChI=1S/C10H14ClNO/c1-3-7-13-9-5-6-12-10(11)8(9)4-2/h5-6H,3-4,7H2,1-2H3. The molecule has 1 heterocycles. The van der Waals surface area contributed by atoms with Gasteiger partial charge in [-0.1, -0.05) is 25.4 Å². The fraction of sp³-hybridized carbons (Fsp3) is 0.500. The molecule has 0 aliphatic rings. The van der Waals surface area contributed by atoms with Crippen molar-refractivity contribution in [2.45, 2.75) is 26.7 Å². The van der Waals surface area contributed by atoms with E-state index in [4.69, 9.17) is 16.3 Å². The van der Waals surface area contributed by atoms with Crippen molar-refractivity contribution < 1.29 is 4.74 Å². The summed E-state index contributed by atoms with van der Waals surface area (Å²) in [5, 5.41) is 0.552. The molecule has 0 aliphatic carbocycles. The summed E-state index contributed by atoms with van der Waals surface area (Å²) >= 11 is 5.92. The number of ether oxygens (including phenoxy) is 1. The smallest absolute Gasteiger partial charge is 0.135 e. The quantitative estimate of drug-likeness (QED) is 0.696. The fourth-order valence-corrected chi connectivity index (χ4v) is 1.40. The molecule has 2 nitrogen and oxygen atoms in total. The van der Waals surface area contributed by atoms with E-state index in [1.807, 2.05) is 13.0 Å². The Balaban J connectivity index is 2.85. The van der Waals surface area contributed by atoms with Crippen LogP contribution >= 0.6 is 11.6 Å². The van der Waals surface area contributed by atoms with E-state index in [9.17, 15) is 0 Å². The summed E-state index contributed by atoms with van der Waals surface area (Å²) in [6.45, 7) is 4.85. The molecule has 0 aromatic carbocycles. The van der Waals surface area contributed by atoms with Crippen LogP contribution in [0.3, 0.4) is 0 Å². The van der Waals surface area contributed by atoms with Crippen LogP contribution in [0.4, 0.5) is 0 Å². The summed E-state index contributed by atoms with van der Waals surface area (Å²) < 4.78 is 5.53. The second-order valence-electron chi connectivity index (χ2n) is 2.78. The highest BCUT2D eigenvalue weighted by molar-refractivity contribution is 6.30. The third-order valence-electron chi connectivity index (χ3n) is 1.78. The van der Waals surface area contributed by atoms with Crippen molar-refractivity contribution in [3.63, 3.8) is 0 Å². The van der Waals surface area contributed by atoms with Crippen LogP contribution in [0.2, 0.25) is 5.15 Å². The molecule has 72 valence electrons. The highest BCUT2D eigenvalue weighted by Crippen LogP contribution is 2.24. The average molecular weight is 200 g/mol. The van der Waals surface area contributed by atoms with E-state index in [1.165, 1.54) is 0 Å². The second kappa shape index (κ2) is 5.07. The normalized spacial score (nSPS) is 10.1. The number of rotatable bonds is 4. The number of hydrogen-bond acceptors (Lipinski definition) is 2. The lowest BCUT2D eigenvalue weighted by Crippen LogP contribution is -1.99. The molecule has 1 aromatic heterocycles. The summed E-state index contributed by atoms with van der Waals surface area (Å²) in [5.41, 5.74) is 0.998. The van der Waals surface area contributed by atoms with Crippen molar-refractivity contribution in [2.75, 3.05) is 6.61 Å². The highest BCUT2D eigenvalue weighted by atomic mass is 35.5. The summed E-state index contributed by atoms with van der Waals surface area (Å²) in [5.74, 6) is 0.865. The highest BCUT2D eigenvalue weighted by Gasteiger charge is 2.06. The van der Waals surface area contributed by atoms with Gasteiger partial charge in [-0.15, -0.1) is 0 Å². The van der Waals surface area contributed by atoms with Gasteiger partial charge >= 0.3 is 0 Å². The lowest BCUT2D eigenvalue weighted by Gasteiger charge is -2.09. The van der Waals surface area contributed by atoms with Gasteiger partial charge in [0.05, 0.1) is 6.61 Å². The molecule has 0 aliphatic heterocycles. The van der Waals surface area contributed by atoms with Gasteiger partial charge in [-0.25, -0.2) is 4.98 Å². The Morgan fingerprint density at radius 2 is 2.23 bits per heavy atom. The Kier molecular flexibility index (Phi) is 4.03. The fourth-order valence-electron chi connectivity index (χ4n) is 1.12. The summed E-state index contributed by atoms with van der Waals surface area (Å²) in [6, 6.07) is 1.86. The molecule has 13 heavy (non-hydrogen) atoms. The Morgan fingerprint density at radius 3 is 2.85 bits per heavy atom. The molecule has 0 spiro atoms. The Hall–Kier alpha value is -0.760. The van der Waals surface area contributed by atoms with Crippen molar-refractivity contribution in [3.8, 4) is 5.75 Å². The van der Waals surface area contributed by atoms with Crippen LogP contribution in [-0.2, 0) is 6.42 Å². The lowest BCUT2D eigenvalue weighted by atomic mass is 10.2. The Morgan fingerprint density at radius 1 is 1.46 bits per heavy atom. The van der Waals surface area contributed by atoms with E-state index in [2.05, 4.69) is 11.9 Å². The molecule has 0 radical (unpaired) electrons. The summed E-state index contributed by atoms with van der Waals surface area (Å²) in [6.07, 6.45) is 3.53. The molecule has 0 amide bonds. The summed E-state index contributed by atoms with van der Waals surface area (Å²) in [7, 11) is 0. The van der Waals surface area contributed by atoms with Crippen LogP contribution in [0.5, 0.6) is 5.75 Å². The molecule has 0 N–H and O–H groups in total. The number of hydrogen-bond donors (Lipinski definition) is 0. The van der Waals surface area contributed by atoms with Crippen molar-refractivity contribution >= 4 is 11.6 Å². The van der Waals surface area contributed by atoms with Gasteiger partial charge in [-0.05, 0) is 18.9 Å². The molecule has 0 saturated heterocycles. The zero-order valence-corrected chi connectivity index (χ0v) is 8.77. The van der Waals surface area contributed by atoms with E-state index < -0.39 is 0 Å². The van der Waals surface area contributed by atoms with Crippen LogP contribution in [0.25, 0.3) is 0 Å². The first-order valence-electron chi connectivity index (χ1n) is 4.55. The van der Waals surface area contributed by atoms with Crippen LogP contribution in [0.15, 0.2) is 12.3 Å². The van der Waals surface area contributed by atoms with E-state index >= 15 is 0 Å². The lowest BCUT2D eigenvalue weighted by molar-refractivity contribution is 0.314. The largest absolute Gasteiger partial charge is 0.493 e. The molecule has 0 fully saturated rings. The minimum atomic E-state index is 0.552. The molecular formula is C10H14ClNO. The van der Waals surface area contributed by atoms with Gasteiger partial charge < -0.3 is 4.74 Å². The predicted molar refractivity (Wildman–Crippen MR) is 54.4 cm³/mol. The number of nitrogens with zero attached hydrogens (tertiary/aromatic N) is 1. The maximum atomic E-state index is 5.92. The van der Waals surface area contributed by atoms with Gasteiger partial charge in [0.25, 0.3) is 0 Å². The molecule has 1 rings (SSSR count). The molecule has 0 bridgehead atoms.